The van der Waals surface area contributed by atoms with Gasteiger partial charge in [-0.2, -0.15) is 0 Å². The van der Waals surface area contributed by atoms with Crippen LogP contribution in [0.3, 0.4) is 0 Å². The largest absolute Gasteiger partial charge is 0.465 e. The minimum absolute atomic E-state index is 0.106. The van der Waals surface area contributed by atoms with Crippen molar-refractivity contribution >= 4 is 11.9 Å². The minimum Gasteiger partial charge on any atom is -0.465 e. The van der Waals surface area contributed by atoms with E-state index in [0.29, 0.717) is 25.7 Å². The van der Waals surface area contributed by atoms with Crippen molar-refractivity contribution in [2.75, 3.05) is 26.4 Å². The zero-order valence-corrected chi connectivity index (χ0v) is 19.5. The maximum absolute atomic E-state index is 12.9. The van der Waals surface area contributed by atoms with E-state index in [-0.39, 0.29) is 37.3 Å². The second-order valence-corrected chi connectivity index (χ2v) is 9.58. The molecule has 0 aliphatic heterocycles. The van der Waals surface area contributed by atoms with Crippen LogP contribution in [0, 0.1) is 16.2 Å². The van der Waals surface area contributed by atoms with Crippen molar-refractivity contribution in [1.82, 2.24) is 0 Å². The van der Waals surface area contributed by atoms with E-state index >= 15 is 0 Å². The summed E-state index contributed by atoms with van der Waals surface area (Å²) in [5, 5.41) is 18.9. The number of aliphatic hydroxyl groups excluding tert-OH is 2. The Kier molecular flexibility index (Phi) is 12.7. The van der Waals surface area contributed by atoms with Crippen LogP contribution in [0.15, 0.2) is 0 Å². The third-order valence-electron chi connectivity index (χ3n) is 5.60. The number of carbonyl (C=O) groups is 2. The van der Waals surface area contributed by atoms with E-state index in [1.54, 1.807) is 13.8 Å². The van der Waals surface area contributed by atoms with Gasteiger partial charge in [0, 0.05) is 13.2 Å². The second kappa shape index (κ2) is 13.2. The first-order valence-electron chi connectivity index (χ1n) is 11.1. The maximum Gasteiger partial charge on any atom is 0.323 e. The number of hydrogen-bond acceptors (Lipinski definition) is 6. The number of ether oxygens (including phenoxy) is 2. The van der Waals surface area contributed by atoms with Gasteiger partial charge < -0.3 is 19.7 Å². The summed E-state index contributed by atoms with van der Waals surface area (Å²) in [6, 6.07) is 0. The Hall–Kier alpha value is -1.14. The van der Waals surface area contributed by atoms with Crippen LogP contribution in [0.2, 0.25) is 0 Å². The van der Waals surface area contributed by atoms with Crippen molar-refractivity contribution in [3.8, 4) is 0 Å². The molecule has 0 aromatic heterocycles. The van der Waals surface area contributed by atoms with E-state index in [0.717, 1.165) is 25.7 Å². The Balaban J connectivity index is 5.26. The molecule has 0 bridgehead atoms. The molecular formula is C23H44O6. The van der Waals surface area contributed by atoms with Crippen molar-refractivity contribution in [3.63, 3.8) is 0 Å². The molecule has 0 saturated carbocycles. The summed E-state index contributed by atoms with van der Waals surface area (Å²) >= 11 is 0. The monoisotopic (exact) mass is 416 g/mol. The zero-order chi connectivity index (χ0) is 22.6. The highest BCUT2D eigenvalue weighted by molar-refractivity contribution is 6.00. The molecule has 0 saturated heterocycles. The molecule has 0 radical (unpaired) electrons. The Morgan fingerprint density at radius 3 is 1.24 bits per heavy atom. The molecular weight excluding hydrogens is 372 g/mol. The molecule has 0 unspecified atom stereocenters. The van der Waals surface area contributed by atoms with Crippen molar-refractivity contribution in [2.45, 2.75) is 92.9 Å². The van der Waals surface area contributed by atoms with E-state index in [4.69, 9.17) is 9.47 Å². The fraction of sp³-hybridized carbons (Fsp3) is 0.913. The molecule has 0 spiro atoms. The van der Waals surface area contributed by atoms with Gasteiger partial charge in [0.15, 0.2) is 5.41 Å². The predicted molar refractivity (Wildman–Crippen MR) is 114 cm³/mol. The molecule has 0 fully saturated rings. The maximum atomic E-state index is 12.9. The van der Waals surface area contributed by atoms with E-state index in [1.165, 1.54) is 0 Å². The predicted octanol–water partition coefficient (Wildman–Crippen LogP) is 4.26. The normalized spacial score (nSPS) is 12.7. The number of carbonyl (C=O) groups excluding carboxylic acids is 2. The summed E-state index contributed by atoms with van der Waals surface area (Å²) in [7, 11) is 0. The first kappa shape index (κ1) is 27.9. The molecule has 0 rings (SSSR count). The Labute approximate surface area is 177 Å². The van der Waals surface area contributed by atoms with Gasteiger partial charge in [-0.25, -0.2) is 0 Å². The van der Waals surface area contributed by atoms with Crippen LogP contribution >= 0.6 is 0 Å². The van der Waals surface area contributed by atoms with Crippen LogP contribution in [-0.2, 0) is 19.1 Å². The molecule has 2 N–H and O–H groups in total. The Bertz CT molecular complexity index is 440. The van der Waals surface area contributed by atoms with Crippen LogP contribution < -0.4 is 0 Å². The van der Waals surface area contributed by atoms with Gasteiger partial charge in [-0.05, 0) is 50.4 Å². The highest BCUT2D eigenvalue weighted by Gasteiger charge is 2.47. The highest BCUT2D eigenvalue weighted by Crippen LogP contribution is 2.37. The van der Waals surface area contributed by atoms with Gasteiger partial charge in [0.25, 0.3) is 0 Å². The molecule has 0 aromatic carbocycles. The van der Waals surface area contributed by atoms with Crippen molar-refractivity contribution in [3.05, 3.63) is 0 Å². The lowest BCUT2D eigenvalue weighted by Crippen LogP contribution is -2.42. The van der Waals surface area contributed by atoms with Crippen LogP contribution in [0.1, 0.15) is 92.9 Å². The highest BCUT2D eigenvalue weighted by atomic mass is 16.6. The van der Waals surface area contributed by atoms with Gasteiger partial charge in [-0.3, -0.25) is 9.59 Å². The Morgan fingerprint density at radius 1 is 0.655 bits per heavy atom. The molecule has 172 valence electrons. The fourth-order valence-electron chi connectivity index (χ4n) is 3.37. The summed E-state index contributed by atoms with van der Waals surface area (Å²) < 4.78 is 10.6. The molecule has 29 heavy (non-hydrogen) atoms. The summed E-state index contributed by atoms with van der Waals surface area (Å²) in [6.07, 6.45) is 5.39. The number of rotatable bonds is 16. The average molecular weight is 417 g/mol. The van der Waals surface area contributed by atoms with Crippen LogP contribution in [0.5, 0.6) is 0 Å². The fourth-order valence-corrected chi connectivity index (χ4v) is 3.37. The molecule has 6 heteroatoms. The third-order valence-corrected chi connectivity index (χ3v) is 5.60. The molecule has 0 aromatic rings. The number of unbranched alkanes of at least 4 members (excludes halogenated alkanes) is 2. The van der Waals surface area contributed by atoms with E-state index in [2.05, 4.69) is 0 Å². The standard InChI is InChI=1S/C23H44O6/c1-7-28-19(26)23(20(27)29-8-2,15-11-9-13-21(3,4)17-24)16-12-10-14-22(5,6)18-25/h24-25H,7-18H2,1-6H3. The van der Waals surface area contributed by atoms with Crippen molar-refractivity contribution < 1.29 is 29.3 Å². The third kappa shape index (κ3) is 9.94. The van der Waals surface area contributed by atoms with Gasteiger partial charge >= 0.3 is 11.9 Å². The smallest absolute Gasteiger partial charge is 0.323 e. The summed E-state index contributed by atoms with van der Waals surface area (Å²) in [6.45, 7) is 12.1. The average Bonchev–Trinajstić information content (AvgIpc) is 2.67. The van der Waals surface area contributed by atoms with Crippen LogP contribution in [-0.4, -0.2) is 48.6 Å². The van der Waals surface area contributed by atoms with Crippen LogP contribution in [0.25, 0.3) is 0 Å². The molecule has 6 nitrogen and oxygen atoms in total. The van der Waals surface area contributed by atoms with Crippen molar-refractivity contribution in [1.29, 1.82) is 0 Å². The first-order chi connectivity index (χ1) is 13.5. The first-order valence-corrected chi connectivity index (χ1v) is 11.1. The molecule has 0 aliphatic rings. The lowest BCUT2D eigenvalue weighted by atomic mass is 9.76. The van der Waals surface area contributed by atoms with Gasteiger partial charge in [-0.1, -0.05) is 53.4 Å². The van der Waals surface area contributed by atoms with E-state index in [1.807, 2.05) is 27.7 Å². The minimum atomic E-state index is -1.28. The Morgan fingerprint density at radius 2 is 0.966 bits per heavy atom. The van der Waals surface area contributed by atoms with E-state index in [9.17, 15) is 19.8 Å². The zero-order valence-electron chi connectivity index (χ0n) is 19.5. The summed E-state index contributed by atoms with van der Waals surface area (Å²) in [5.74, 6) is -0.998. The summed E-state index contributed by atoms with van der Waals surface area (Å²) in [5.41, 5.74) is -1.63. The topological polar surface area (TPSA) is 93.1 Å². The molecule has 0 aliphatic carbocycles. The quantitative estimate of drug-likeness (QED) is 0.222. The van der Waals surface area contributed by atoms with Gasteiger partial charge in [-0.15, -0.1) is 0 Å². The van der Waals surface area contributed by atoms with Crippen molar-refractivity contribution in [2.24, 2.45) is 16.2 Å². The molecule has 0 amide bonds. The SMILES string of the molecule is CCOC(=O)C(CCCCC(C)(C)CO)(CCCCC(C)(C)CO)C(=O)OCC. The van der Waals surface area contributed by atoms with E-state index < -0.39 is 17.4 Å². The lowest BCUT2D eigenvalue weighted by molar-refractivity contribution is -0.173. The van der Waals surface area contributed by atoms with Crippen LogP contribution in [0.4, 0.5) is 0 Å². The van der Waals surface area contributed by atoms with Gasteiger partial charge in [0.1, 0.15) is 0 Å². The number of aliphatic hydroxyl groups is 2. The molecule has 0 heterocycles. The molecule has 0 atom stereocenters. The lowest BCUT2D eigenvalue weighted by Gasteiger charge is -2.30. The summed E-state index contributed by atoms with van der Waals surface area (Å²) in [4.78, 5) is 25.7. The number of esters is 2. The second-order valence-electron chi connectivity index (χ2n) is 9.58. The van der Waals surface area contributed by atoms with Gasteiger partial charge in [0.05, 0.1) is 13.2 Å². The number of hydrogen-bond donors (Lipinski definition) is 2. The van der Waals surface area contributed by atoms with Gasteiger partial charge in [0.2, 0.25) is 0 Å².